The van der Waals surface area contributed by atoms with Crippen LogP contribution in [0.1, 0.15) is 50.7 Å². The van der Waals surface area contributed by atoms with Crippen LogP contribution in [-0.2, 0) is 32.3 Å². The van der Waals surface area contributed by atoms with E-state index >= 15 is 0 Å². The van der Waals surface area contributed by atoms with Crippen molar-refractivity contribution in [1.29, 1.82) is 0 Å². The van der Waals surface area contributed by atoms with Gasteiger partial charge in [0, 0.05) is 31.6 Å². The molecule has 0 bridgehead atoms. The molecule has 1 unspecified atom stereocenters. The lowest BCUT2D eigenvalue weighted by molar-refractivity contribution is -0.140. The van der Waals surface area contributed by atoms with Gasteiger partial charge in [0.2, 0.25) is 21.8 Å². The van der Waals surface area contributed by atoms with Crippen LogP contribution in [0.15, 0.2) is 48.5 Å². The van der Waals surface area contributed by atoms with Crippen molar-refractivity contribution in [2.75, 3.05) is 23.7 Å². The molecule has 210 valence electrons. The normalized spacial score (nSPS) is 12.6. The molecule has 0 aliphatic carbocycles. The van der Waals surface area contributed by atoms with Crippen LogP contribution in [0.2, 0.25) is 0 Å². The van der Waals surface area contributed by atoms with Crippen LogP contribution in [-0.4, -0.2) is 50.5 Å². The van der Waals surface area contributed by atoms with E-state index in [0.717, 1.165) is 41.6 Å². The average Bonchev–Trinajstić information content (AvgIpc) is 2.84. The van der Waals surface area contributed by atoms with Crippen molar-refractivity contribution in [3.63, 3.8) is 0 Å². The van der Waals surface area contributed by atoms with Gasteiger partial charge < -0.3 is 10.2 Å². The lowest BCUT2D eigenvalue weighted by Crippen LogP contribution is -2.48. The predicted octanol–water partition coefficient (Wildman–Crippen LogP) is 4.72. The molecule has 2 rings (SSSR count). The first kappa shape index (κ1) is 31.1. The summed E-state index contributed by atoms with van der Waals surface area (Å²) in [6, 6.07) is 8.82. The van der Waals surface area contributed by atoms with Gasteiger partial charge in [-0.3, -0.25) is 13.9 Å². The number of hydrogen-bond acceptors (Lipinski definition) is 4. The van der Waals surface area contributed by atoms with E-state index in [0.29, 0.717) is 6.54 Å². The van der Waals surface area contributed by atoms with E-state index in [-0.39, 0.29) is 37.2 Å². The number of amides is 2. The summed E-state index contributed by atoms with van der Waals surface area (Å²) in [7, 11) is -3.97. The molecular weight excluding hydrogens is 526 g/mol. The van der Waals surface area contributed by atoms with E-state index in [9.17, 15) is 35.6 Å². The van der Waals surface area contributed by atoms with Crippen LogP contribution in [0.25, 0.3) is 0 Å². The number of nitrogens with zero attached hydrogens (tertiary/aromatic N) is 2. The van der Waals surface area contributed by atoms with Gasteiger partial charge in [-0.15, -0.1) is 0 Å². The Hall–Kier alpha value is -3.15. The summed E-state index contributed by atoms with van der Waals surface area (Å²) in [5.74, 6) is -1.48. The average molecular weight is 560 g/mol. The Bertz CT molecular complexity index is 1200. The zero-order chi connectivity index (χ0) is 28.5. The summed E-state index contributed by atoms with van der Waals surface area (Å²) in [4.78, 5) is 27.1. The Morgan fingerprint density at radius 2 is 1.74 bits per heavy atom. The van der Waals surface area contributed by atoms with Crippen molar-refractivity contribution in [3.05, 3.63) is 65.5 Å². The van der Waals surface area contributed by atoms with Crippen molar-refractivity contribution < 1.29 is 35.6 Å². The van der Waals surface area contributed by atoms with Crippen molar-refractivity contribution in [2.45, 2.75) is 58.3 Å². The van der Waals surface area contributed by atoms with E-state index in [1.807, 2.05) is 6.92 Å². The minimum absolute atomic E-state index is 0.0416. The minimum Gasteiger partial charge on any atom is -0.354 e. The molecule has 0 heterocycles. The third kappa shape index (κ3) is 9.00. The number of anilines is 1. The Kier molecular flexibility index (Phi) is 11.1. The molecule has 0 fully saturated rings. The second-order valence-corrected chi connectivity index (χ2v) is 10.8. The van der Waals surface area contributed by atoms with E-state index in [2.05, 4.69) is 5.32 Å². The zero-order valence-corrected chi connectivity index (χ0v) is 22.4. The number of hydrogen-bond donors (Lipinski definition) is 1. The Morgan fingerprint density at radius 1 is 1.05 bits per heavy atom. The Labute approximate surface area is 220 Å². The van der Waals surface area contributed by atoms with Crippen LogP contribution < -0.4 is 9.62 Å². The van der Waals surface area contributed by atoms with Gasteiger partial charge in [-0.05, 0) is 44.0 Å². The second kappa shape index (κ2) is 13.6. The van der Waals surface area contributed by atoms with Gasteiger partial charge >= 0.3 is 6.18 Å². The molecule has 38 heavy (non-hydrogen) atoms. The number of carbonyl (C=O) groups is 2. The molecule has 1 atom stereocenters. The number of sulfonamides is 1. The standard InChI is InChI=1S/C26H33F4N3O4S/c1-4-5-15-31-25(35)19(2)32(18-20-10-6-7-13-23(20)27)24(34)14-9-16-33(38(3,36)37)22-12-8-11-21(17-22)26(28,29)30/h6-8,10-13,17,19H,4-5,9,14-16,18H2,1-3H3,(H,31,35). The van der Waals surface area contributed by atoms with Crippen LogP contribution in [0.4, 0.5) is 23.2 Å². The number of benzene rings is 2. The molecule has 2 amide bonds. The first-order valence-corrected chi connectivity index (χ1v) is 14.1. The van der Waals surface area contributed by atoms with Crippen molar-refractivity contribution in [3.8, 4) is 0 Å². The molecule has 0 saturated heterocycles. The van der Waals surface area contributed by atoms with Crippen LogP contribution >= 0.6 is 0 Å². The SMILES string of the molecule is CCCCNC(=O)C(C)N(Cc1ccccc1F)C(=O)CCCN(c1cccc(C(F)(F)F)c1)S(C)(=O)=O. The van der Waals surface area contributed by atoms with Crippen LogP contribution in [0, 0.1) is 5.82 Å². The highest BCUT2D eigenvalue weighted by Crippen LogP contribution is 2.32. The molecule has 2 aromatic rings. The number of carbonyl (C=O) groups excluding carboxylic acids is 2. The maximum atomic E-state index is 14.3. The molecule has 7 nitrogen and oxygen atoms in total. The molecule has 0 aromatic heterocycles. The van der Waals surface area contributed by atoms with Gasteiger partial charge in [0.15, 0.2) is 0 Å². The first-order valence-electron chi connectivity index (χ1n) is 12.2. The molecule has 0 saturated carbocycles. The molecule has 2 aromatic carbocycles. The summed E-state index contributed by atoms with van der Waals surface area (Å²) < 4.78 is 79.3. The summed E-state index contributed by atoms with van der Waals surface area (Å²) >= 11 is 0. The fourth-order valence-electron chi connectivity index (χ4n) is 3.77. The topological polar surface area (TPSA) is 86.8 Å². The van der Waals surface area contributed by atoms with Gasteiger partial charge in [-0.2, -0.15) is 13.2 Å². The maximum absolute atomic E-state index is 14.3. The van der Waals surface area contributed by atoms with E-state index in [4.69, 9.17) is 0 Å². The van der Waals surface area contributed by atoms with E-state index < -0.39 is 45.4 Å². The highest BCUT2D eigenvalue weighted by molar-refractivity contribution is 7.92. The highest BCUT2D eigenvalue weighted by Gasteiger charge is 2.32. The third-order valence-corrected chi connectivity index (χ3v) is 7.10. The van der Waals surface area contributed by atoms with Crippen LogP contribution in [0.5, 0.6) is 0 Å². The van der Waals surface area contributed by atoms with Crippen molar-refractivity contribution in [2.24, 2.45) is 0 Å². The maximum Gasteiger partial charge on any atom is 0.416 e. The van der Waals surface area contributed by atoms with Crippen molar-refractivity contribution in [1.82, 2.24) is 10.2 Å². The van der Waals surface area contributed by atoms with Gasteiger partial charge in [0.1, 0.15) is 11.9 Å². The largest absolute Gasteiger partial charge is 0.416 e. The summed E-state index contributed by atoms with van der Waals surface area (Å²) in [6.07, 6.45) is -2.45. The number of halogens is 4. The number of unbranched alkanes of at least 4 members (excludes halogenated alkanes) is 1. The minimum atomic E-state index is -4.66. The van der Waals surface area contributed by atoms with E-state index in [1.54, 1.807) is 6.07 Å². The first-order chi connectivity index (χ1) is 17.8. The Balaban J connectivity index is 2.20. The smallest absolute Gasteiger partial charge is 0.354 e. The lowest BCUT2D eigenvalue weighted by atomic mass is 10.1. The fraction of sp³-hybridized carbons (Fsp3) is 0.462. The Morgan fingerprint density at radius 3 is 2.34 bits per heavy atom. The quantitative estimate of drug-likeness (QED) is 0.284. The number of rotatable bonds is 13. The third-order valence-electron chi connectivity index (χ3n) is 5.91. The zero-order valence-electron chi connectivity index (χ0n) is 21.6. The van der Waals surface area contributed by atoms with Crippen molar-refractivity contribution >= 4 is 27.5 Å². The fourth-order valence-corrected chi connectivity index (χ4v) is 4.73. The molecule has 0 aliphatic heterocycles. The van der Waals surface area contributed by atoms with Crippen LogP contribution in [0.3, 0.4) is 0 Å². The van der Waals surface area contributed by atoms with Gasteiger partial charge in [-0.1, -0.05) is 37.6 Å². The van der Waals surface area contributed by atoms with Gasteiger partial charge in [0.25, 0.3) is 0 Å². The molecule has 1 N–H and O–H groups in total. The molecule has 0 aliphatic rings. The molecule has 0 spiro atoms. The predicted molar refractivity (Wildman–Crippen MR) is 137 cm³/mol. The van der Waals surface area contributed by atoms with Gasteiger partial charge in [-0.25, -0.2) is 12.8 Å². The number of nitrogens with one attached hydrogen (secondary N) is 1. The molecule has 12 heteroatoms. The second-order valence-electron chi connectivity index (χ2n) is 8.92. The lowest BCUT2D eigenvalue weighted by Gasteiger charge is -2.29. The monoisotopic (exact) mass is 559 g/mol. The molecule has 0 radical (unpaired) electrons. The summed E-state index contributed by atoms with van der Waals surface area (Å²) in [6.45, 7) is 3.45. The number of alkyl halides is 3. The summed E-state index contributed by atoms with van der Waals surface area (Å²) in [5.41, 5.74) is -0.976. The van der Waals surface area contributed by atoms with Gasteiger partial charge in [0.05, 0.1) is 17.5 Å². The molecular formula is C26H33F4N3O4S. The highest BCUT2D eigenvalue weighted by atomic mass is 32.2. The summed E-state index contributed by atoms with van der Waals surface area (Å²) in [5, 5.41) is 2.75. The van der Waals surface area contributed by atoms with E-state index in [1.165, 1.54) is 36.1 Å².